The molecule has 0 aromatic carbocycles. The van der Waals surface area contributed by atoms with Crippen LogP contribution >= 0.6 is 11.3 Å². The molecule has 0 bridgehead atoms. The van der Waals surface area contributed by atoms with Gasteiger partial charge in [-0.25, -0.2) is 4.98 Å². The zero-order valence-electron chi connectivity index (χ0n) is 11.1. The van der Waals surface area contributed by atoms with Crippen molar-refractivity contribution in [2.75, 3.05) is 10.5 Å². The third-order valence-electron chi connectivity index (χ3n) is 2.89. The number of nitrogens with one attached hydrogen (secondary N) is 1. The number of aromatic nitrogens is 2. The predicted molar refractivity (Wildman–Crippen MR) is 76.9 cm³/mol. The first-order valence-electron chi connectivity index (χ1n) is 5.57. The molecule has 9 heteroatoms. The summed E-state index contributed by atoms with van der Waals surface area (Å²) in [5.41, 5.74) is 6.68. The topological polar surface area (TPSA) is 114 Å². The van der Waals surface area contributed by atoms with Crippen LogP contribution in [0.15, 0.2) is 11.4 Å². The summed E-state index contributed by atoms with van der Waals surface area (Å²) in [6, 6.07) is 2.01. The highest BCUT2D eigenvalue weighted by atomic mass is 32.2. The van der Waals surface area contributed by atoms with Crippen LogP contribution in [0.1, 0.15) is 16.0 Å². The number of imidazole rings is 1. The quantitative estimate of drug-likeness (QED) is 0.888. The summed E-state index contributed by atoms with van der Waals surface area (Å²) in [7, 11) is -2.35. The van der Waals surface area contributed by atoms with Gasteiger partial charge in [-0.05, 0) is 19.4 Å². The number of nitriles is 1. The number of nitrogens with zero attached hydrogens (tertiary/aromatic N) is 3. The van der Waals surface area contributed by atoms with Gasteiger partial charge in [0, 0.05) is 11.9 Å². The summed E-state index contributed by atoms with van der Waals surface area (Å²) < 4.78 is 28.4. The third kappa shape index (κ3) is 2.23. The molecular formula is C11H13N5O2S2. The zero-order chi connectivity index (χ0) is 15.1. The molecule has 7 nitrogen and oxygen atoms in total. The van der Waals surface area contributed by atoms with Crippen molar-refractivity contribution >= 4 is 32.2 Å². The Bertz CT molecular complexity index is 791. The SMILES string of the molecule is Cc1sc(NS(=O)(=O)c2c(N)ncn2C)c(C#N)c1C. The Kier molecular flexibility index (Phi) is 3.45. The second-order valence-electron chi connectivity index (χ2n) is 4.25. The van der Waals surface area contributed by atoms with E-state index in [1.54, 1.807) is 6.92 Å². The van der Waals surface area contributed by atoms with E-state index in [1.807, 2.05) is 13.0 Å². The maximum Gasteiger partial charge on any atom is 0.282 e. The van der Waals surface area contributed by atoms with Gasteiger partial charge in [0.15, 0.2) is 10.8 Å². The van der Waals surface area contributed by atoms with Crippen LogP contribution in [-0.2, 0) is 17.1 Å². The summed E-state index contributed by atoms with van der Waals surface area (Å²) in [5, 5.41) is 9.30. The monoisotopic (exact) mass is 311 g/mol. The van der Waals surface area contributed by atoms with Crippen LogP contribution in [0.4, 0.5) is 10.8 Å². The molecule has 0 spiro atoms. The summed E-state index contributed by atoms with van der Waals surface area (Å²) in [4.78, 5) is 4.64. The average molecular weight is 311 g/mol. The van der Waals surface area contributed by atoms with Gasteiger partial charge in [-0.15, -0.1) is 11.3 Å². The normalized spacial score (nSPS) is 11.3. The maximum atomic E-state index is 12.3. The van der Waals surface area contributed by atoms with Crippen LogP contribution in [0, 0.1) is 25.2 Å². The first-order chi connectivity index (χ1) is 9.27. The molecule has 2 aromatic heterocycles. The van der Waals surface area contributed by atoms with Crippen molar-refractivity contribution in [3.63, 3.8) is 0 Å². The smallest absolute Gasteiger partial charge is 0.282 e. The van der Waals surface area contributed by atoms with E-state index < -0.39 is 10.0 Å². The summed E-state index contributed by atoms with van der Waals surface area (Å²) in [5.74, 6) is -0.0801. The molecule has 0 aliphatic carbocycles. The van der Waals surface area contributed by atoms with E-state index in [1.165, 1.54) is 29.3 Å². The van der Waals surface area contributed by atoms with Gasteiger partial charge >= 0.3 is 0 Å². The van der Waals surface area contributed by atoms with Gasteiger partial charge in [-0.2, -0.15) is 13.7 Å². The molecular weight excluding hydrogens is 298 g/mol. The first kappa shape index (κ1) is 14.4. The van der Waals surface area contributed by atoms with E-state index in [9.17, 15) is 8.42 Å². The summed E-state index contributed by atoms with van der Waals surface area (Å²) >= 11 is 1.22. The van der Waals surface area contributed by atoms with Crippen LogP contribution in [0.5, 0.6) is 0 Å². The number of rotatable bonds is 3. The molecule has 0 unspecified atom stereocenters. The Balaban J connectivity index is 2.50. The molecule has 20 heavy (non-hydrogen) atoms. The fraction of sp³-hybridized carbons (Fsp3) is 0.273. The van der Waals surface area contributed by atoms with Crippen molar-refractivity contribution in [3.05, 3.63) is 22.3 Å². The number of sulfonamides is 1. The first-order valence-corrected chi connectivity index (χ1v) is 7.87. The van der Waals surface area contributed by atoms with E-state index in [0.29, 0.717) is 10.6 Å². The molecule has 0 atom stereocenters. The molecule has 3 N–H and O–H groups in total. The van der Waals surface area contributed by atoms with E-state index >= 15 is 0 Å². The summed E-state index contributed by atoms with van der Waals surface area (Å²) in [6.45, 7) is 3.61. The number of hydrogen-bond donors (Lipinski definition) is 2. The van der Waals surface area contributed by atoms with E-state index in [4.69, 9.17) is 11.0 Å². The average Bonchev–Trinajstić information content (AvgIpc) is 2.80. The molecule has 0 amide bonds. The minimum atomic E-state index is -3.88. The van der Waals surface area contributed by atoms with Crippen LogP contribution in [0.25, 0.3) is 0 Å². The lowest BCUT2D eigenvalue weighted by atomic mass is 10.2. The van der Waals surface area contributed by atoms with Gasteiger partial charge in [0.2, 0.25) is 0 Å². The second kappa shape index (κ2) is 4.81. The number of anilines is 2. The van der Waals surface area contributed by atoms with Crippen molar-refractivity contribution in [1.82, 2.24) is 9.55 Å². The molecule has 2 aromatic rings. The predicted octanol–water partition coefficient (Wildman–Crippen LogP) is 1.35. The lowest BCUT2D eigenvalue weighted by Gasteiger charge is -2.07. The number of aryl methyl sites for hydroxylation is 2. The molecule has 2 heterocycles. The Hall–Kier alpha value is -2.05. The van der Waals surface area contributed by atoms with Gasteiger partial charge in [0.05, 0.1) is 11.9 Å². The van der Waals surface area contributed by atoms with E-state index in [2.05, 4.69) is 9.71 Å². The molecule has 2 rings (SSSR count). The molecule has 0 fully saturated rings. The van der Waals surface area contributed by atoms with Crippen molar-refractivity contribution in [2.24, 2.45) is 7.05 Å². The Morgan fingerprint density at radius 3 is 2.65 bits per heavy atom. The second-order valence-corrected chi connectivity index (χ2v) is 7.07. The standard InChI is InChI=1S/C11H13N5O2S2/c1-6-7(2)19-10(8(6)4-12)15-20(17,18)11-9(13)14-5-16(11)3/h5,15H,13H2,1-3H3. The molecule has 0 saturated carbocycles. The molecule has 0 saturated heterocycles. The van der Waals surface area contributed by atoms with Gasteiger partial charge in [-0.1, -0.05) is 0 Å². The van der Waals surface area contributed by atoms with E-state index in [-0.39, 0.29) is 10.8 Å². The number of thiophene rings is 1. The molecule has 0 radical (unpaired) electrons. The summed E-state index contributed by atoms with van der Waals surface area (Å²) in [6.07, 6.45) is 1.32. The lowest BCUT2D eigenvalue weighted by molar-refractivity contribution is 0.592. The van der Waals surface area contributed by atoms with Crippen LogP contribution in [-0.4, -0.2) is 18.0 Å². The van der Waals surface area contributed by atoms with Gasteiger partial charge in [0.1, 0.15) is 11.1 Å². The van der Waals surface area contributed by atoms with Crippen LogP contribution < -0.4 is 10.5 Å². The largest absolute Gasteiger partial charge is 0.381 e. The zero-order valence-corrected chi connectivity index (χ0v) is 12.8. The third-order valence-corrected chi connectivity index (χ3v) is 5.62. The highest BCUT2D eigenvalue weighted by Gasteiger charge is 2.25. The fourth-order valence-corrected chi connectivity index (χ4v) is 4.32. The van der Waals surface area contributed by atoms with Crippen molar-refractivity contribution in [3.8, 4) is 6.07 Å². The maximum absolute atomic E-state index is 12.3. The minimum Gasteiger partial charge on any atom is -0.381 e. The number of nitrogens with two attached hydrogens (primary N) is 1. The number of nitrogen functional groups attached to an aromatic ring is 1. The molecule has 0 aliphatic rings. The van der Waals surface area contributed by atoms with Gasteiger partial charge < -0.3 is 10.3 Å². The Morgan fingerprint density at radius 1 is 1.50 bits per heavy atom. The Morgan fingerprint density at radius 2 is 2.15 bits per heavy atom. The molecule has 0 aliphatic heterocycles. The van der Waals surface area contributed by atoms with Crippen molar-refractivity contribution in [2.45, 2.75) is 18.9 Å². The highest BCUT2D eigenvalue weighted by Crippen LogP contribution is 2.33. The number of hydrogen-bond acceptors (Lipinski definition) is 6. The van der Waals surface area contributed by atoms with E-state index in [0.717, 1.165) is 10.4 Å². The Labute approximate surface area is 120 Å². The molecule has 106 valence electrons. The van der Waals surface area contributed by atoms with Crippen molar-refractivity contribution in [1.29, 1.82) is 5.26 Å². The highest BCUT2D eigenvalue weighted by molar-refractivity contribution is 7.93. The van der Waals surface area contributed by atoms with Gasteiger partial charge in [-0.3, -0.25) is 4.72 Å². The van der Waals surface area contributed by atoms with Crippen molar-refractivity contribution < 1.29 is 8.42 Å². The van der Waals surface area contributed by atoms with Crippen LogP contribution in [0.3, 0.4) is 0 Å². The van der Waals surface area contributed by atoms with Crippen LogP contribution in [0.2, 0.25) is 0 Å². The fourth-order valence-electron chi connectivity index (χ4n) is 1.77. The lowest BCUT2D eigenvalue weighted by Crippen LogP contribution is -2.17. The van der Waals surface area contributed by atoms with Gasteiger partial charge in [0.25, 0.3) is 10.0 Å². The minimum absolute atomic E-state index is 0.0801.